The molecule has 1 heterocycles. The van der Waals surface area contributed by atoms with Crippen LogP contribution in [0.2, 0.25) is 0 Å². The lowest BCUT2D eigenvalue weighted by Crippen LogP contribution is -2.21. The fraction of sp³-hybridized carbons (Fsp3) is 0.467. The normalized spacial score (nSPS) is 12.3. The number of ether oxygens (including phenoxy) is 1. The van der Waals surface area contributed by atoms with Gasteiger partial charge in [0.15, 0.2) is 0 Å². The fourth-order valence-electron chi connectivity index (χ4n) is 1.88. The second kappa shape index (κ2) is 7.05. The number of para-hydroxylation sites is 1. The highest BCUT2D eigenvalue weighted by molar-refractivity contribution is 5.63. The van der Waals surface area contributed by atoms with E-state index >= 15 is 0 Å². The molecule has 0 bridgehead atoms. The average molecular weight is 275 g/mol. The highest BCUT2D eigenvalue weighted by Gasteiger charge is 2.13. The molecule has 0 aliphatic heterocycles. The summed E-state index contributed by atoms with van der Waals surface area (Å²) in [7, 11) is 1.95. The second-order valence-corrected chi connectivity index (χ2v) is 4.67. The molecule has 20 heavy (non-hydrogen) atoms. The molecule has 0 aliphatic rings. The molecule has 5 nitrogen and oxygen atoms in total. The molecule has 0 fully saturated rings. The first-order valence-corrected chi connectivity index (χ1v) is 6.96. The van der Waals surface area contributed by atoms with Gasteiger partial charge in [-0.25, -0.2) is 0 Å². The highest BCUT2D eigenvalue weighted by atomic mass is 16.5. The molecule has 0 aliphatic carbocycles. The third kappa shape index (κ3) is 3.57. The molecule has 1 N–H and O–H groups in total. The van der Waals surface area contributed by atoms with Crippen molar-refractivity contribution in [2.45, 2.75) is 32.7 Å². The maximum absolute atomic E-state index is 5.58. The van der Waals surface area contributed by atoms with Crippen molar-refractivity contribution in [1.29, 1.82) is 0 Å². The number of rotatable bonds is 7. The Hall–Kier alpha value is -1.88. The summed E-state index contributed by atoms with van der Waals surface area (Å²) in [6, 6.07) is 8.16. The number of aromatic nitrogens is 2. The van der Waals surface area contributed by atoms with Crippen molar-refractivity contribution in [3.8, 4) is 17.1 Å². The number of benzene rings is 1. The van der Waals surface area contributed by atoms with E-state index in [1.165, 1.54) is 0 Å². The molecule has 1 unspecified atom stereocenters. The van der Waals surface area contributed by atoms with Crippen molar-refractivity contribution in [1.82, 2.24) is 15.5 Å². The van der Waals surface area contributed by atoms with Gasteiger partial charge in [0.25, 0.3) is 0 Å². The van der Waals surface area contributed by atoms with Gasteiger partial charge in [0.1, 0.15) is 5.75 Å². The summed E-state index contributed by atoms with van der Waals surface area (Å²) in [4.78, 5) is 4.44. The predicted molar refractivity (Wildman–Crippen MR) is 77.7 cm³/mol. The van der Waals surface area contributed by atoms with Crippen LogP contribution < -0.4 is 10.1 Å². The van der Waals surface area contributed by atoms with Crippen LogP contribution in [0.25, 0.3) is 11.4 Å². The monoisotopic (exact) mass is 275 g/mol. The van der Waals surface area contributed by atoms with Gasteiger partial charge < -0.3 is 14.6 Å². The molecule has 1 aromatic carbocycles. The number of aryl methyl sites for hydroxylation is 1. The fourth-order valence-corrected chi connectivity index (χ4v) is 1.88. The van der Waals surface area contributed by atoms with Crippen LogP contribution >= 0.6 is 0 Å². The topological polar surface area (TPSA) is 60.2 Å². The van der Waals surface area contributed by atoms with E-state index in [4.69, 9.17) is 9.26 Å². The minimum Gasteiger partial charge on any atom is -0.493 e. The van der Waals surface area contributed by atoms with Crippen LogP contribution in [0.4, 0.5) is 0 Å². The molecule has 108 valence electrons. The smallest absolute Gasteiger partial charge is 0.227 e. The van der Waals surface area contributed by atoms with Gasteiger partial charge in [-0.1, -0.05) is 17.3 Å². The summed E-state index contributed by atoms with van der Waals surface area (Å²) >= 11 is 0. The highest BCUT2D eigenvalue weighted by Crippen LogP contribution is 2.27. The Morgan fingerprint density at radius 2 is 2.15 bits per heavy atom. The Morgan fingerprint density at radius 3 is 2.90 bits per heavy atom. The largest absolute Gasteiger partial charge is 0.493 e. The van der Waals surface area contributed by atoms with E-state index in [2.05, 4.69) is 22.4 Å². The number of nitrogens with one attached hydrogen (secondary N) is 1. The summed E-state index contributed by atoms with van der Waals surface area (Å²) in [5, 5.41) is 7.24. The number of hydrogen-bond donors (Lipinski definition) is 1. The molecule has 0 saturated carbocycles. The van der Waals surface area contributed by atoms with Crippen molar-refractivity contribution in [2.75, 3.05) is 13.7 Å². The molecule has 1 aromatic heterocycles. The first-order chi connectivity index (χ1) is 9.74. The van der Waals surface area contributed by atoms with E-state index in [1.54, 1.807) is 0 Å². The van der Waals surface area contributed by atoms with Crippen molar-refractivity contribution in [3.63, 3.8) is 0 Å². The van der Waals surface area contributed by atoms with Gasteiger partial charge in [0.05, 0.1) is 12.2 Å². The first kappa shape index (κ1) is 14.5. The SMILES string of the molecule is CCOc1ccccc1-c1noc(CCC(C)NC)n1. The lowest BCUT2D eigenvalue weighted by Gasteiger charge is -2.06. The maximum Gasteiger partial charge on any atom is 0.227 e. The molecule has 0 radical (unpaired) electrons. The molecule has 0 amide bonds. The molecule has 5 heteroatoms. The quantitative estimate of drug-likeness (QED) is 0.841. The van der Waals surface area contributed by atoms with Crippen molar-refractivity contribution in [2.24, 2.45) is 0 Å². The summed E-state index contributed by atoms with van der Waals surface area (Å²) < 4.78 is 10.9. The molecule has 0 saturated heterocycles. The van der Waals surface area contributed by atoms with E-state index in [1.807, 2.05) is 38.2 Å². The molecule has 1 atom stereocenters. The Morgan fingerprint density at radius 1 is 1.35 bits per heavy atom. The summed E-state index contributed by atoms with van der Waals surface area (Å²) in [5.41, 5.74) is 0.867. The predicted octanol–water partition coefficient (Wildman–Crippen LogP) is 2.68. The Labute approximate surface area is 119 Å². The Kier molecular flexibility index (Phi) is 5.12. The van der Waals surface area contributed by atoms with Crippen molar-refractivity contribution in [3.05, 3.63) is 30.2 Å². The van der Waals surface area contributed by atoms with Crippen LogP contribution in [0.1, 0.15) is 26.2 Å². The van der Waals surface area contributed by atoms with Gasteiger partial charge in [-0.3, -0.25) is 0 Å². The molecule has 2 aromatic rings. The lowest BCUT2D eigenvalue weighted by molar-refractivity contribution is 0.340. The van der Waals surface area contributed by atoms with Crippen LogP contribution in [0.5, 0.6) is 5.75 Å². The van der Waals surface area contributed by atoms with E-state index in [9.17, 15) is 0 Å². The van der Waals surface area contributed by atoms with Gasteiger partial charge in [-0.15, -0.1) is 0 Å². The van der Waals surface area contributed by atoms with Crippen molar-refractivity contribution < 1.29 is 9.26 Å². The lowest BCUT2D eigenvalue weighted by atomic mass is 10.2. The molecular weight excluding hydrogens is 254 g/mol. The minimum absolute atomic E-state index is 0.432. The minimum atomic E-state index is 0.432. The third-order valence-electron chi connectivity index (χ3n) is 3.18. The van der Waals surface area contributed by atoms with Crippen LogP contribution in [0.15, 0.2) is 28.8 Å². The van der Waals surface area contributed by atoms with E-state index in [0.717, 1.165) is 24.2 Å². The van der Waals surface area contributed by atoms with Gasteiger partial charge >= 0.3 is 0 Å². The van der Waals surface area contributed by atoms with Crippen LogP contribution in [-0.4, -0.2) is 29.8 Å². The maximum atomic E-state index is 5.58. The molecule has 0 spiro atoms. The summed E-state index contributed by atoms with van der Waals surface area (Å²) in [6.45, 7) is 4.70. The molecular formula is C15H21N3O2. The van der Waals surface area contributed by atoms with Gasteiger partial charge in [0.2, 0.25) is 11.7 Å². The van der Waals surface area contributed by atoms with Crippen LogP contribution in [-0.2, 0) is 6.42 Å². The van der Waals surface area contributed by atoms with Gasteiger partial charge in [0, 0.05) is 12.5 Å². The Bertz CT molecular complexity index is 539. The summed E-state index contributed by atoms with van der Waals surface area (Å²) in [6.07, 6.45) is 1.73. The van der Waals surface area contributed by atoms with Gasteiger partial charge in [-0.05, 0) is 39.4 Å². The summed E-state index contributed by atoms with van der Waals surface area (Å²) in [5.74, 6) is 2.03. The van der Waals surface area contributed by atoms with Crippen LogP contribution in [0.3, 0.4) is 0 Å². The zero-order valence-electron chi connectivity index (χ0n) is 12.2. The van der Waals surface area contributed by atoms with E-state index in [0.29, 0.717) is 24.4 Å². The standard InChI is InChI=1S/C15H21N3O2/c1-4-19-13-8-6-5-7-12(13)15-17-14(20-18-15)10-9-11(2)16-3/h5-8,11,16H,4,9-10H2,1-3H3. The zero-order valence-corrected chi connectivity index (χ0v) is 12.2. The average Bonchev–Trinajstić information content (AvgIpc) is 2.94. The van der Waals surface area contributed by atoms with Crippen molar-refractivity contribution >= 4 is 0 Å². The third-order valence-corrected chi connectivity index (χ3v) is 3.18. The van der Waals surface area contributed by atoms with E-state index in [-0.39, 0.29) is 0 Å². The Balaban J connectivity index is 2.12. The number of hydrogen-bond acceptors (Lipinski definition) is 5. The van der Waals surface area contributed by atoms with Gasteiger partial charge in [-0.2, -0.15) is 4.98 Å². The number of nitrogens with zero attached hydrogens (tertiary/aromatic N) is 2. The van der Waals surface area contributed by atoms with E-state index < -0.39 is 0 Å². The zero-order chi connectivity index (χ0) is 14.4. The first-order valence-electron chi connectivity index (χ1n) is 6.96. The second-order valence-electron chi connectivity index (χ2n) is 4.67. The van der Waals surface area contributed by atoms with Crippen LogP contribution in [0, 0.1) is 0 Å². The molecule has 2 rings (SSSR count).